The fourth-order valence-corrected chi connectivity index (χ4v) is 3.23. The fourth-order valence-electron chi connectivity index (χ4n) is 3.23. The molecule has 2 amide bonds. The SMILES string of the molecule is O=C(N(c1ccccc1)c1ccccc1)N(c1ccncc1)c1cccc([N+](=O)[O-])c1. The lowest BCUT2D eigenvalue weighted by Crippen LogP contribution is -2.38. The van der Waals surface area contributed by atoms with Gasteiger partial charge in [0.25, 0.3) is 5.69 Å². The summed E-state index contributed by atoms with van der Waals surface area (Å²) in [6, 6.07) is 27.5. The summed E-state index contributed by atoms with van der Waals surface area (Å²) in [7, 11) is 0. The van der Waals surface area contributed by atoms with E-state index in [-0.39, 0.29) is 11.7 Å². The number of anilines is 4. The van der Waals surface area contributed by atoms with Gasteiger partial charge in [-0.05, 0) is 42.5 Å². The third-order valence-electron chi connectivity index (χ3n) is 4.63. The van der Waals surface area contributed by atoms with Crippen molar-refractivity contribution in [1.82, 2.24) is 4.98 Å². The Morgan fingerprint density at radius 1 is 0.677 bits per heavy atom. The predicted molar refractivity (Wildman–Crippen MR) is 120 cm³/mol. The molecule has 152 valence electrons. The molecule has 1 heterocycles. The number of carbonyl (C=O) groups is 1. The Labute approximate surface area is 179 Å². The van der Waals surface area contributed by atoms with Crippen LogP contribution in [0.2, 0.25) is 0 Å². The maximum absolute atomic E-state index is 14.0. The number of nitrogens with zero attached hydrogens (tertiary/aromatic N) is 4. The molecule has 1 aromatic heterocycles. The first kappa shape index (κ1) is 19.8. The highest BCUT2D eigenvalue weighted by atomic mass is 16.6. The van der Waals surface area contributed by atoms with Crippen LogP contribution in [-0.2, 0) is 0 Å². The standard InChI is InChI=1S/C24H18N4O3/c29-24(26(19-8-3-1-4-9-19)20-10-5-2-6-11-20)27(21-14-16-25-17-15-21)22-12-7-13-23(18-22)28(30)31/h1-18H. The van der Waals surface area contributed by atoms with Crippen LogP contribution in [0.15, 0.2) is 109 Å². The number of urea groups is 1. The molecule has 0 saturated carbocycles. The van der Waals surface area contributed by atoms with Crippen molar-refractivity contribution in [2.75, 3.05) is 9.80 Å². The van der Waals surface area contributed by atoms with Crippen molar-refractivity contribution in [2.24, 2.45) is 0 Å². The van der Waals surface area contributed by atoms with E-state index in [9.17, 15) is 14.9 Å². The van der Waals surface area contributed by atoms with Crippen molar-refractivity contribution >= 4 is 34.5 Å². The molecule has 0 unspecified atom stereocenters. The molecule has 3 aromatic carbocycles. The minimum atomic E-state index is -0.481. The van der Waals surface area contributed by atoms with Crippen LogP contribution in [0, 0.1) is 10.1 Å². The van der Waals surface area contributed by atoms with Gasteiger partial charge in [0.05, 0.1) is 27.7 Å². The summed E-state index contributed by atoms with van der Waals surface area (Å²) in [5, 5.41) is 11.3. The van der Waals surface area contributed by atoms with Gasteiger partial charge in [-0.2, -0.15) is 0 Å². The van der Waals surface area contributed by atoms with Crippen LogP contribution in [0.1, 0.15) is 0 Å². The first-order valence-electron chi connectivity index (χ1n) is 9.54. The number of hydrogen-bond acceptors (Lipinski definition) is 4. The van der Waals surface area contributed by atoms with Crippen molar-refractivity contribution in [3.8, 4) is 0 Å². The maximum atomic E-state index is 14.0. The summed E-state index contributed by atoms with van der Waals surface area (Å²) in [5.41, 5.74) is 2.15. The molecule has 7 heteroatoms. The molecule has 0 fully saturated rings. The zero-order valence-electron chi connectivity index (χ0n) is 16.4. The van der Waals surface area contributed by atoms with Gasteiger partial charge in [0.1, 0.15) is 0 Å². The molecule has 0 bridgehead atoms. The number of benzene rings is 3. The second-order valence-corrected chi connectivity index (χ2v) is 6.61. The van der Waals surface area contributed by atoms with Crippen LogP contribution in [0.25, 0.3) is 0 Å². The third-order valence-corrected chi connectivity index (χ3v) is 4.63. The van der Waals surface area contributed by atoms with Crippen molar-refractivity contribution in [3.05, 3.63) is 120 Å². The quantitative estimate of drug-likeness (QED) is 0.295. The van der Waals surface area contributed by atoms with E-state index >= 15 is 0 Å². The Morgan fingerprint density at radius 3 is 1.71 bits per heavy atom. The van der Waals surface area contributed by atoms with Gasteiger partial charge < -0.3 is 0 Å². The summed E-state index contributed by atoms with van der Waals surface area (Å²) in [5.74, 6) is 0. The number of non-ortho nitro benzene ring substituents is 1. The number of para-hydroxylation sites is 2. The Balaban J connectivity index is 1.88. The summed E-state index contributed by atoms with van der Waals surface area (Å²) in [6.45, 7) is 0. The summed E-state index contributed by atoms with van der Waals surface area (Å²) >= 11 is 0. The smallest absolute Gasteiger partial charge is 0.265 e. The minimum absolute atomic E-state index is 0.102. The largest absolute Gasteiger partial charge is 0.338 e. The van der Waals surface area contributed by atoms with E-state index in [1.807, 2.05) is 60.7 Å². The molecule has 4 aromatic rings. The summed E-state index contributed by atoms with van der Waals surface area (Å²) < 4.78 is 0. The van der Waals surface area contributed by atoms with Crippen LogP contribution >= 0.6 is 0 Å². The van der Waals surface area contributed by atoms with Gasteiger partial charge in [0.2, 0.25) is 0 Å². The van der Waals surface area contributed by atoms with E-state index in [0.717, 1.165) is 0 Å². The van der Waals surface area contributed by atoms with E-state index in [2.05, 4.69) is 4.98 Å². The molecular formula is C24H18N4O3. The molecule has 0 radical (unpaired) electrons. The highest BCUT2D eigenvalue weighted by Crippen LogP contribution is 2.33. The Hall–Kier alpha value is -4.52. The van der Waals surface area contributed by atoms with Gasteiger partial charge in [-0.25, -0.2) is 4.79 Å². The molecule has 4 rings (SSSR count). The predicted octanol–water partition coefficient (Wildman–Crippen LogP) is 6.09. The second kappa shape index (κ2) is 8.87. The van der Waals surface area contributed by atoms with Gasteiger partial charge in [-0.3, -0.25) is 24.9 Å². The number of nitro groups is 1. The second-order valence-electron chi connectivity index (χ2n) is 6.61. The van der Waals surface area contributed by atoms with Crippen molar-refractivity contribution in [3.63, 3.8) is 0 Å². The topological polar surface area (TPSA) is 79.6 Å². The molecule has 0 N–H and O–H groups in total. The zero-order chi connectivity index (χ0) is 21.6. The summed E-state index contributed by atoms with van der Waals surface area (Å²) in [4.78, 5) is 31.9. The molecule has 0 spiro atoms. The number of rotatable bonds is 5. The van der Waals surface area contributed by atoms with Crippen LogP contribution in [0.3, 0.4) is 0 Å². The Morgan fingerprint density at radius 2 is 1.16 bits per heavy atom. The van der Waals surface area contributed by atoms with Crippen LogP contribution < -0.4 is 9.80 Å². The van der Waals surface area contributed by atoms with E-state index in [1.165, 1.54) is 17.0 Å². The number of aromatic nitrogens is 1. The minimum Gasteiger partial charge on any atom is -0.265 e. The molecule has 31 heavy (non-hydrogen) atoms. The third kappa shape index (κ3) is 4.25. The van der Waals surface area contributed by atoms with Gasteiger partial charge in [0.15, 0.2) is 0 Å². The van der Waals surface area contributed by atoms with Gasteiger partial charge in [0, 0.05) is 24.5 Å². The van der Waals surface area contributed by atoms with Gasteiger partial charge in [-0.1, -0.05) is 42.5 Å². The Kier molecular flexibility index (Phi) is 5.66. The van der Waals surface area contributed by atoms with Crippen LogP contribution in [0.5, 0.6) is 0 Å². The Bertz CT molecular complexity index is 1150. The normalized spacial score (nSPS) is 10.3. The monoisotopic (exact) mass is 410 g/mol. The number of pyridine rings is 1. The number of carbonyl (C=O) groups excluding carboxylic acids is 1. The fraction of sp³-hybridized carbons (Fsp3) is 0. The molecule has 0 aliphatic heterocycles. The maximum Gasteiger partial charge on any atom is 0.338 e. The van der Waals surface area contributed by atoms with Crippen molar-refractivity contribution < 1.29 is 9.72 Å². The van der Waals surface area contributed by atoms with E-state index in [0.29, 0.717) is 22.7 Å². The van der Waals surface area contributed by atoms with Gasteiger partial charge in [-0.15, -0.1) is 0 Å². The van der Waals surface area contributed by atoms with Crippen molar-refractivity contribution in [2.45, 2.75) is 0 Å². The summed E-state index contributed by atoms with van der Waals surface area (Å²) in [6.07, 6.45) is 3.14. The zero-order valence-corrected chi connectivity index (χ0v) is 16.4. The van der Waals surface area contributed by atoms with Crippen LogP contribution in [-0.4, -0.2) is 15.9 Å². The molecule has 7 nitrogen and oxygen atoms in total. The lowest BCUT2D eigenvalue weighted by molar-refractivity contribution is -0.384. The molecule has 0 saturated heterocycles. The first-order valence-corrected chi connectivity index (χ1v) is 9.54. The lowest BCUT2D eigenvalue weighted by atomic mass is 10.2. The molecular weight excluding hydrogens is 392 g/mol. The van der Waals surface area contributed by atoms with Crippen molar-refractivity contribution in [1.29, 1.82) is 0 Å². The number of nitro benzene ring substituents is 1. The average molecular weight is 410 g/mol. The highest BCUT2D eigenvalue weighted by molar-refractivity contribution is 6.12. The van der Waals surface area contributed by atoms with E-state index < -0.39 is 4.92 Å². The molecule has 0 aliphatic rings. The number of amides is 2. The van der Waals surface area contributed by atoms with Gasteiger partial charge >= 0.3 is 6.03 Å². The molecule has 0 aliphatic carbocycles. The highest BCUT2D eigenvalue weighted by Gasteiger charge is 2.27. The lowest BCUT2D eigenvalue weighted by Gasteiger charge is -2.31. The van der Waals surface area contributed by atoms with E-state index in [4.69, 9.17) is 0 Å². The van der Waals surface area contributed by atoms with E-state index in [1.54, 1.807) is 41.6 Å². The number of hydrogen-bond donors (Lipinski definition) is 0. The van der Waals surface area contributed by atoms with Crippen LogP contribution in [0.4, 0.5) is 33.2 Å². The molecule has 0 atom stereocenters. The average Bonchev–Trinajstić information content (AvgIpc) is 2.82. The first-order chi connectivity index (χ1) is 15.1.